The van der Waals surface area contributed by atoms with Gasteiger partial charge in [-0.1, -0.05) is 54.6 Å². The molecule has 0 aliphatic carbocycles. The Labute approximate surface area is 168 Å². The van der Waals surface area contributed by atoms with Crippen molar-refractivity contribution in [2.75, 3.05) is 39.4 Å². The number of rotatable bonds is 8. The topological polar surface area (TPSA) is 48.9 Å². The van der Waals surface area contributed by atoms with Gasteiger partial charge in [0, 0.05) is 32.7 Å². The maximum Gasteiger partial charge on any atom is 0.191 e. The maximum absolute atomic E-state index is 5.44. The van der Waals surface area contributed by atoms with Gasteiger partial charge in [-0.3, -0.25) is 4.90 Å². The number of hydrogen-bond donors (Lipinski definition) is 2. The first-order valence-corrected chi connectivity index (χ1v) is 10.3. The van der Waals surface area contributed by atoms with Gasteiger partial charge in [0.05, 0.1) is 19.8 Å². The minimum Gasteiger partial charge on any atom is -0.379 e. The predicted octanol–water partition coefficient (Wildman–Crippen LogP) is 2.82. The van der Waals surface area contributed by atoms with Crippen molar-refractivity contribution in [3.63, 3.8) is 0 Å². The molecular weight excluding hydrogens is 348 g/mol. The van der Waals surface area contributed by atoms with E-state index in [0.29, 0.717) is 6.54 Å². The Morgan fingerprint density at radius 2 is 1.71 bits per heavy atom. The van der Waals surface area contributed by atoms with Gasteiger partial charge < -0.3 is 15.4 Å². The summed E-state index contributed by atoms with van der Waals surface area (Å²) in [5, 5.41) is 6.77. The summed E-state index contributed by atoms with van der Waals surface area (Å²) < 4.78 is 5.44. The zero-order chi connectivity index (χ0) is 19.4. The van der Waals surface area contributed by atoms with Gasteiger partial charge in [0.1, 0.15) is 0 Å². The summed E-state index contributed by atoms with van der Waals surface area (Å²) in [7, 11) is 0. The summed E-state index contributed by atoms with van der Waals surface area (Å²) in [5.74, 6) is 0.872. The van der Waals surface area contributed by atoms with Gasteiger partial charge in [0.15, 0.2) is 5.96 Å². The number of aliphatic imine (C=N–C) groups is 1. The second-order valence-electron chi connectivity index (χ2n) is 7.07. The Bertz CT molecular complexity index is 726. The summed E-state index contributed by atoms with van der Waals surface area (Å²) in [5.41, 5.74) is 3.92. The largest absolute Gasteiger partial charge is 0.379 e. The molecule has 0 spiro atoms. The van der Waals surface area contributed by atoms with Crippen molar-refractivity contribution in [1.29, 1.82) is 0 Å². The lowest BCUT2D eigenvalue weighted by Gasteiger charge is -2.26. The molecule has 5 nitrogen and oxygen atoms in total. The maximum atomic E-state index is 5.44. The summed E-state index contributed by atoms with van der Waals surface area (Å²) in [4.78, 5) is 7.21. The Kier molecular flexibility index (Phi) is 8.34. The van der Waals surface area contributed by atoms with E-state index in [9.17, 15) is 0 Å². The summed E-state index contributed by atoms with van der Waals surface area (Å²) >= 11 is 0. The summed E-state index contributed by atoms with van der Waals surface area (Å²) in [6, 6.07) is 19.3. The van der Waals surface area contributed by atoms with E-state index in [-0.39, 0.29) is 0 Å². The molecule has 0 saturated carbocycles. The normalized spacial score (nSPS) is 15.4. The van der Waals surface area contributed by atoms with E-state index < -0.39 is 0 Å². The van der Waals surface area contributed by atoms with E-state index in [4.69, 9.17) is 9.73 Å². The Balaban J connectivity index is 1.52. The molecule has 5 heteroatoms. The molecule has 0 atom stereocenters. The average molecular weight is 381 g/mol. The molecule has 1 fully saturated rings. The van der Waals surface area contributed by atoms with Crippen molar-refractivity contribution in [3.8, 4) is 0 Å². The van der Waals surface area contributed by atoms with E-state index in [1.165, 1.54) is 16.7 Å². The molecule has 3 rings (SSSR count). The number of nitrogens with zero attached hydrogens (tertiary/aromatic N) is 2. The fraction of sp³-hybridized carbons (Fsp3) is 0.435. The monoisotopic (exact) mass is 380 g/mol. The first kappa shape index (κ1) is 20.4. The average Bonchev–Trinajstić information content (AvgIpc) is 2.74. The van der Waals surface area contributed by atoms with Crippen LogP contribution in [0.2, 0.25) is 0 Å². The van der Waals surface area contributed by atoms with Gasteiger partial charge in [-0.05, 0) is 30.0 Å². The molecule has 28 heavy (non-hydrogen) atoms. The van der Waals surface area contributed by atoms with Crippen LogP contribution in [-0.2, 0) is 24.2 Å². The highest BCUT2D eigenvalue weighted by Gasteiger charge is 2.10. The van der Waals surface area contributed by atoms with E-state index in [1.54, 1.807) is 0 Å². The molecule has 1 aliphatic rings. The number of nitrogens with one attached hydrogen (secondary N) is 2. The Morgan fingerprint density at radius 1 is 0.964 bits per heavy atom. The van der Waals surface area contributed by atoms with E-state index >= 15 is 0 Å². The van der Waals surface area contributed by atoms with Crippen LogP contribution in [0.3, 0.4) is 0 Å². The number of hydrogen-bond acceptors (Lipinski definition) is 3. The van der Waals surface area contributed by atoms with E-state index in [1.807, 2.05) is 0 Å². The fourth-order valence-electron chi connectivity index (χ4n) is 3.33. The minimum absolute atomic E-state index is 0.678. The molecule has 0 aromatic heterocycles. The van der Waals surface area contributed by atoms with Crippen LogP contribution in [0.1, 0.15) is 23.6 Å². The first-order valence-electron chi connectivity index (χ1n) is 10.3. The van der Waals surface area contributed by atoms with Crippen LogP contribution in [0.15, 0.2) is 59.6 Å². The molecular formula is C23H32N4O. The second-order valence-corrected chi connectivity index (χ2v) is 7.07. The van der Waals surface area contributed by atoms with Crippen molar-refractivity contribution in [1.82, 2.24) is 15.5 Å². The van der Waals surface area contributed by atoms with Crippen LogP contribution in [-0.4, -0.2) is 50.3 Å². The Morgan fingerprint density at radius 3 is 2.50 bits per heavy atom. The van der Waals surface area contributed by atoms with Gasteiger partial charge in [-0.15, -0.1) is 0 Å². The highest BCUT2D eigenvalue weighted by molar-refractivity contribution is 5.79. The van der Waals surface area contributed by atoms with Crippen molar-refractivity contribution in [2.45, 2.75) is 26.4 Å². The molecule has 150 valence electrons. The Hall–Kier alpha value is -2.37. The quantitative estimate of drug-likeness (QED) is 0.546. The zero-order valence-corrected chi connectivity index (χ0v) is 16.9. The molecule has 0 bridgehead atoms. The lowest BCUT2D eigenvalue weighted by molar-refractivity contribution is 0.0342. The number of benzene rings is 2. The SMILES string of the molecule is CCNC(=NCc1cccc(CN2CCOCC2)c1)NCCc1ccccc1. The van der Waals surface area contributed by atoms with Gasteiger partial charge in [0.2, 0.25) is 0 Å². The number of guanidine groups is 1. The van der Waals surface area contributed by atoms with Gasteiger partial charge in [-0.2, -0.15) is 0 Å². The third kappa shape index (κ3) is 6.98. The third-order valence-corrected chi connectivity index (χ3v) is 4.81. The molecule has 1 heterocycles. The minimum atomic E-state index is 0.678. The first-order chi connectivity index (χ1) is 13.8. The molecule has 1 saturated heterocycles. The van der Waals surface area contributed by atoms with Gasteiger partial charge in [-0.25, -0.2) is 4.99 Å². The van der Waals surface area contributed by atoms with Crippen molar-refractivity contribution in [2.24, 2.45) is 4.99 Å². The highest BCUT2D eigenvalue weighted by atomic mass is 16.5. The standard InChI is InChI=1S/C23H32N4O/c1-2-24-23(25-12-11-20-7-4-3-5-8-20)26-18-21-9-6-10-22(17-21)19-27-13-15-28-16-14-27/h3-10,17H,2,11-16,18-19H2,1H3,(H2,24,25,26). The van der Waals surface area contributed by atoms with Crippen LogP contribution in [0.25, 0.3) is 0 Å². The molecule has 2 aromatic rings. The summed E-state index contributed by atoms with van der Waals surface area (Å²) in [6.45, 7) is 9.18. The van der Waals surface area contributed by atoms with Crippen LogP contribution in [0.4, 0.5) is 0 Å². The highest BCUT2D eigenvalue weighted by Crippen LogP contribution is 2.11. The fourth-order valence-corrected chi connectivity index (χ4v) is 3.33. The second kappa shape index (κ2) is 11.5. The van der Waals surface area contributed by atoms with Crippen molar-refractivity contribution in [3.05, 3.63) is 71.3 Å². The van der Waals surface area contributed by atoms with Crippen molar-refractivity contribution < 1.29 is 4.74 Å². The summed E-state index contributed by atoms with van der Waals surface area (Å²) in [6.07, 6.45) is 0.986. The molecule has 0 amide bonds. The molecule has 1 aliphatic heterocycles. The van der Waals surface area contributed by atoms with E-state index in [2.05, 4.69) is 77.1 Å². The molecule has 0 unspecified atom stereocenters. The number of ether oxygens (including phenoxy) is 1. The van der Waals surface area contributed by atoms with Crippen molar-refractivity contribution >= 4 is 5.96 Å². The van der Waals surface area contributed by atoms with Gasteiger partial charge >= 0.3 is 0 Å². The van der Waals surface area contributed by atoms with Crippen LogP contribution < -0.4 is 10.6 Å². The van der Waals surface area contributed by atoms with E-state index in [0.717, 1.165) is 58.3 Å². The molecule has 2 aromatic carbocycles. The lowest BCUT2D eigenvalue weighted by atomic mass is 10.1. The molecule has 2 N–H and O–H groups in total. The predicted molar refractivity (Wildman–Crippen MR) is 116 cm³/mol. The smallest absolute Gasteiger partial charge is 0.191 e. The molecule has 0 radical (unpaired) electrons. The third-order valence-electron chi connectivity index (χ3n) is 4.81. The lowest BCUT2D eigenvalue weighted by Crippen LogP contribution is -2.38. The van der Waals surface area contributed by atoms with Crippen LogP contribution in [0, 0.1) is 0 Å². The zero-order valence-electron chi connectivity index (χ0n) is 16.9. The van der Waals surface area contributed by atoms with Crippen LogP contribution >= 0.6 is 0 Å². The van der Waals surface area contributed by atoms with Crippen LogP contribution in [0.5, 0.6) is 0 Å². The number of morpholine rings is 1. The van der Waals surface area contributed by atoms with Gasteiger partial charge in [0.25, 0.3) is 0 Å².